The van der Waals surface area contributed by atoms with E-state index in [2.05, 4.69) is 99.3 Å². The fraction of sp³-hybridized carbons (Fsp3) is 0.250. The predicted molar refractivity (Wildman–Crippen MR) is 93.4 cm³/mol. The van der Waals surface area contributed by atoms with Crippen molar-refractivity contribution in [2.45, 2.75) is 19.4 Å². The van der Waals surface area contributed by atoms with E-state index in [1.807, 2.05) is 0 Å². The highest BCUT2D eigenvalue weighted by Gasteiger charge is 2.14. The molecule has 0 aliphatic rings. The van der Waals surface area contributed by atoms with Crippen LogP contribution in [-0.4, -0.2) is 6.54 Å². The van der Waals surface area contributed by atoms with Gasteiger partial charge in [0.15, 0.2) is 0 Å². The molecular weight excluding hydrogens is 413 g/mol. The van der Waals surface area contributed by atoms with Gasteiger partial charge in [-0.1, -0.05) is 53.2 Å². The van der Waals surface area contributed by atoms with Crippen molar-refractivity contribution in [1.29, 1.82) is 0 Å². The average Bonchev–Trinajstić information content (AvgIpc) is 2.42. The van der Waals surface area contributed by atoms with Gasteiger partial charge < -0.3 is 5.32 Å². The van der Waals surface area contributed by atoms with Crippen molar-refractivity contribution >= 4 is 38.5 Å². The summed E-state index contributed by atoms with van der Waals surface area (Å²) in [6, 6.07) is 17.5. The Kier molecular flexibility index (Phi) is 5.85. The lowest BCUT2D eigenvalue weighted by atomic mass is 9.99. The van der Waals surface area contributed by atoms with Crippen LogP contribution in [0.2, 0.25) is 0 Å². The second-order valence-corrected chi connectivity index (χ2v) is 6.54. The topological polar surface area (TPSA) is 12.0 Å². The third-order valence-electron chi connectivity index (χ3n) is 3.07. The van der Waals surface area contributed by atoms with Crippen molar-refractivity contribution in [3.05, 3.63) is 67.7 Å². The van der Waals surface area contributed by atoms with Crippen LogP contribution in [0.5, 0.6) is 0 Å². The zero-order valence-electron chi connectivity index (χ0n) is 10.9. The Morgan fingerprint density at radius 2 is 1.89 bits per heavy atom. The van der Waals surface area contributed by atoms with Gasteiger partial charge in [-0.15, -0.1) is 0 Å². The van der Waals surface area contributed by atoms with E-state index in [4.69, 9.17) is 0 Å². The van der Waals surface area contributed by atoms with E-state index in [0.717, 1.165) is 17.4 Å². The van der Waals surface area contributed by atoms with Crippen molar-refractivity contribution < 1.29 is 0 Å². The Balaban J connectivity index is 2.27. The third-order valence-corrected chi connectivity index (χ3v) is 4.54. The molecule has 0 bridgehead atoms. The van der Waals surface area contributed by atoms with Gasteiger partial charge in [0.1, 0.15) is 0 Å². The maximum absolute atomic E-state index is 3.59. The van der Waals surface area contributed by atoms with E-state index >= 15 is 0 Å². The summed E-state index contributed by atoms with van der Waals surface area (Å²) in [5, 5.41) is 3.59. The molecule has 0 fully saturated rings. The lowest BCUT2D eigenvalue weighted by Crippen LogP contribution is -2.23. The van der Waals surface area contributed by atoms with Gasteiger partial charge in [-0.25, -0.2) is 0 Å². The number of hydrogen-bond donors (Lipinski definition) is 1. The van der Waals surface area contributed by atoms with Crippen molar-refractivity contribution in [1.82, 2.24) is 5.32 Å². The number of hydrogen-bond acceptors (Lipinski definition) is 1. The number of rotatable bonds is 5. The molecule has 0 radical (unpaired) electrons. The quantitative estimate of drug-likeness (QED) is 0.663. The van der Waals surface area contributed by atoms with Crippen LogP contribution in [0.3, 0.4) is 0 Å². The van der Waals surface area contributed by atoms with E-state index in [0.29, 0.717) is 6.04 Å². The van der Waals surface area contributed by atoms with Gasteiger partial charge in [0.2, 0.25) is 0 Å². The first-order valence-corrected chi connectivity index (χ1v) is 8.30. The molecule has 1 nitrogen and oxygen atoms in total. The summed E-state index contributed by atoms with van der Waals surface area (Å²) in [5.74, 6) is 0. The van der Waals surface area contributed by atoms with Gasteiger partial charge in [-0.3, -0.25) is 0 Å². The Morgan fingerprint density at radius 3 is 2.58 bits per heavy atom. The zero-order chi connectivity index (χ0) is 13.7. The first-order chi connectivity index (χ1) is 9.20. The van der Waals surface area contributed by atoms with Crippen molar-refractivity contribution in [2.75, 3.05) is 6.54 Å². The normalized spacial score (nSPS) is 12.4. The number of benzene rings is 2. The molecule has 3 heteroatoms. The van der Waals surface area contributed by atoms with Crippen molar-refractivity contribution in [2.24, 2.45) is 0 Å². The predicted octanol–water partition coefficient (Wildman–Crippen LogP) is 4.95. The number of nitrogens with one attached hydrogen (secondary N) is 1. The molecule has 0 aliphatic carbocycles. The summed E-state index contributed by atoms with van der Waals surface area (Å²) in [6.07, 6.45) is 1.02. The Bertz CT molecular complexity index is 528. The fourth-order valence-electron chi connectivity index (χ4n) is 2.17. The second kappa shape index (κ2) is 7.41. The summed E-state index contributed by atoms with van der Waals surface area (Å²) < 4.78 is 2.45. The molecule has 0 aliphatic heterocycles. The van der Waals surface area contributed by atoms with E-state index < -0.39 is 0 Å². The van der Waals surface area contributed by atoms with Gasteiger partial charge in [0.05, 0.1) is 0 Å². The standard InChI is InChI=1S/C16H17BrIN/c1-2-19-16(10-12-6-4-3-5-7-12)14-11-13(17)8-9-15(14)18/h3-9,11,16,19H,2,10H2,1H3. The Hall–Kier alpha value is -0.390. The highest BCUT2D eigenvalue weighted by molar-refractivity contribution is 14.1. The maximum atomic E-state index is 3.59. The number of likely N-dealkylation sites (N-methyl/N-ethyl adjacent to an activating group) is 1. The summed E-state index contributed by atoms with van der Waals surface area (Å²) in [6.45, 7) is 3.13. The van der Waals surface area contributed by atoms with E-state index in [-0.39, 0.29) is 0 Å². The minimum absolute atomic E-state index is 0.358. The van der Waals surface area contributed by atoms with Crippen LogP contribution in [0.1, 0.15) is 24.1 Å². The molecule has 0 spiro atoms. The first-order valence-electron chi connectivity index (χ1n) is 6.43. The van der Waals surface area contributed by atoms with E-state index in [9.17, 15) is 0 Å². The molecule has 100 valence electrons. The maximum Gasteiger partial charge on any atom is 0.0371 e. The van der Waals surface area contributed by atoms with Crippen molar-refractivity contribution in [3.63, 3.8) is 0 Å². The largest absolute Gasteiger partial charge is 0.310 e. The molecule has 0 saturated carbocycles. The summed E-state index contributed by atoms with van der Waals surface area (Å²) in [7, 11) is 0. The highest BCUT2D eigenvalue weighted by Crippen LogP contribution is 2.26. The SMILES string of the molecule is CCNC(Cc1ccccc1)c1cc(Br)ccc1I. The molecule has 1 unspecified atom stereocenters. The number of halogens is 2. The molecule has 19 heavy (non-hydrogen) atoms. The monoisotopic (exact) mass is 429 g/mol. The minimum Gasteiger partial charge on any atom is -0.310 e. The first kappa shape index (κ1) is 15.0. The van der Waals surface area contributed by atoms with Gasteiger partial charge in [0, 0.05) is 14.1 Å². The summed E-state index contributed by atoms with van der Waals surface area (Å²) in [4.78, 5) is 0. The highest BCUT2D eigenvalue weighted by atomic mass is 127. The van der Waals surface area contributed by atoms with Crippen LogP contribution in [0.15, 0.2) is 53.0 Å². The minimum atomic E-state index is 0.358. The van der Waals surface area contributed by atoms with Gasteiger partial charge >= 0.3 is 0 Å². The van der Waals surface area contributed by atoms with Gasteiger partial charge in [0.25, 0.3) is 0 Å². The van der Waals surface area contributed by atoms with Crippen LogP contribution in [0.4, 0.5) is 0 Å². The molecule has 0 saturated heterocycles. The summed E-state index contributed by atoms with van der Waals surface area (Å²) >= 11 is 5.98. The molecular formula is C16H17BrIN. The van der Waals surface area contributed by atoms with Gasteiger partial charge in [-0.05, 0) is 64.9 Å². The third kappa shape index (κ3) is 4.29. The molecule has 2 aromatic rings. The van der Waals surface area contributed by atoms with E-state index in [1.54, 1.807) is 0 Å². The average molecular weight is 430 g/mol. The van der Waals surface area contributed by atoms with E-state index in [1.165, 1.54) is 14.7 Å². The molecule has 1 N–H and O–H groups in total. The summed E-state index contributed by atoms with van der Waals surface area (Å²) in [5.41, 5.74) is 2.73. The molecule has 2 aromatic carbocycles. The molecule has 2 rings (SSSR count). The van der Waals surface area contributed by atoms with Crippen LogP contribution in [0.25, 0.3) is 0 Å². The molecule has 0 aromatic heterocycles. The molecule has 1 atom stereocenters. The zero-order valence-corrected chi connectivity index (χ0v) is 14.6. The fourth-order valence-corrected chi connectivity index (χ4v) is 3.26. The smallest absolute Gasteiger partial charge is 0.0371 e. The van der Waals surface area contributed by atoms with Crippen LogP contribution < -0.4 is 5.32 Å². The molecule has 0 amide bonds. The second-order valence-electron chi connectivity index (χ2n) is 4.47. The lowest BCUT2D eigenvalue weighted by Gasteiger charge is -2.20. The Morgan fingerprint density at radius 1 is 1.16 bits per heavy atom. The van der Waals surface area contributed by atoms with Crippen LogP contribution in [-0.2, 0) is 6.42 Å². The van der Waals surface area contributed by atoms with Gasteiger partial charge in [-0.2, -0.15) is 0 Å². The van der Waals surface area contributed by atoms with Crippen LogP contribution >= 0.6 is 38.5 Å². The molecule has 0 heterocycles. The Labute approximate surface area is 137 Å². The lowest BCUT2D eigenvalue weighted by molar-refractivity contribution is 0.547. The van der Waals surface area contributed by atoms with Crippen LogP contribution in [0, 0.1) is 3.57 Å². The van der Waals surface area contributed by atoms with Crippen molar-refractivity contribution in [3.8, 4) is 0 Å².